The van der Waals surface area contributed by atoms with Gasteiger partial charge in [-0.05, 0) is 43.2 Å². The standard InChI is InChI=1S/C18H16N4O3/c23-16-17(24)21-14-10-11(6-7-12(14)20-16)18(25)22-9-3-5-15(22)13-4-1-2-8-19-13/h1-2,4,6-8,10,15H,3,5,9H2,(H,20,23)(H,21,24)/t15-/m1/s1. The zero-order chi connectivity index (χ0) is 17.4. The maximum atomic E-state index is 13.0. The minimum atomic E-state index is -0.732. The number of pyridine rings is 1. The minimum absolute atomic E-state index is 0.0426. The summed E-state index contributed by atoms with van der Waals surface area (Å²) in [5, 5.41) is 0. The largest absolute Gasteiger partial charge is 0.330 e. The van der Waals surface area contributed by atoms with Gasteiger partial charge >= 0.3 is 11.1 Å². The highest BCUT2D eigenvalue weighted by Crippen LogP contribution is 2.32. The molecule has 1 amide bonds. The molecule has 1 aliphatic rings. The molecule has 1 fully saturated rings. The van der Waals surface area contributed by atoms with Crippen LogP contribution in [0.4, 0.5) is 0 Å². The van der Waals surface area contributed by atoms with Crippen molar-refractivity contribution in [3.05, 3.63) is 74.6 Å². The number of nitrogens with one attached hydrogen (secondary N) is 2. The van der Waals surface area contributed by atoms with Crippen LogP contribution in [0.25, 0.3) is 11.0 Å². The molecule has 25 heavy (non-hydrogen) atoms. The van der Waals surface area contributed by atoms with E-state index < -0.39 is 11.1 Å². The first-order valence-corrected chi connectivity index (χ1v) is 8.12. The fourth-order valence-corrected chi connectivity index (χ4v) is 3.30. The van der Waals surface area contributed by atoms with E-state index in [4.69, 9.17) is 0 Å². The van der Waals surface area contributed by atoms with Crippen molar-refractivity contribution in [3.8, 4) is 0 Å². The fourth-order valence-electron chi connectivity index (χ4n) is 3.30. The second kappa shape index (κ2) is 6.01. The lowest BCUT2D eigenvalue weighted by Crippen LogP contribution is -2.31. The Labute approximate surface area is 142 Å². The topological polar surface area (TPSA) is 98.9 Å². The lowest BCUT2D eigenvalue weighted by atomic mass is 10.1. The molecule has 0 saturated carbocycles. The van der Waals surface area contributed by atoms with Gasteiger partial charge in [0.2, 0.25) is 0 Å². The quantitative estimate of drug-likeness (QED) is 0.694. The number of hydrogen-bond acceptors (Lipinski definition) is 4. The Kier molecular flexibility index (Phi) is 3.68. The number of carbonyl (C=O) groups excluding carboxylic acids is 1. The van der Waals surface area contributed by atoms with Gasteiger partial charge in [-0.1, -0.05) is 6.07 Å². The average molecular weight is 336 g/mol. The van der Waals surface area contributed by atoms with Crippen LogP contribution in [0, 0.1) is 0 Å². The first kappa shape index (κ1) is 15.3. The second-order valence-corrected chi connectivity index (χ2v) is 6.08. The molecule has 3 aromatic rings. The van der Waals surface area contributed by atoms with Gasteiger partial charge in [0.25, 0.3) is 5.91 Å². The Morgan fingerprint density at radius 1 is 1.08 bits per heavy atom. The van der Waals surface area contributed by atoms with Crippen LogP contribution in [0.1, 0.15) is 34.9 Å². The first-order chi connectivity index (χ1) is 12.1. The molecule has 7 nitrogen and oxygen atoms in total. The molecule has 126 valence electrons. The Bertz CT molecular complexity index is 1060. The summed E-state index contributed by atoms with van der Waals surface area (Å²) < 4.78 is 0. The van der Waals surface area contributed by atoms with Crippen LogP contribution in [0.3, 0.4) is 0 Å². The van der Waals surface area contributed by atoms with Crippen LogP contribution < -0.4 is 11.1 Å². The van der Waals surface area contributed by atoms with E-state index in [9.17, 15) is 14.4 Å². The third-order valence-corrected chi connectivity index (χ3v) is 4.51. The van der Waals surface area contributed by atoms with Crippen molar-refractivity contribution in [3.63, 3.8) is 0 Å². The number of nitrogens with zero attached hydrogens (tertiary/aromatic N) is 2. The first-order valence-electron chi connectivity index (χ1n) is 8.12. The number of hydrogen-bond donors (Lipinski definition) is 2. The highest BCUT2D eigenvalue weighted by atomic mass is 16.2. The van der Waals surface area contributed by atoms with Crippen molar-refractivity contribution < 1.29 is 4.79 Å². The van der Waals surface area contributed by atoms with Gasteiger partial charge in [-0.25, -0.2) is 0 Å². The average Bonchev–Trinajstić information content (AvgIpc) is 3.12. The number of likely N-dealkylation sites (tertiary alicyclic amines) is 1. The van der Waals surface area contributed by atoms with Crippen molar-refractivity contribution in [2.45, 2.75) is 18.9 Å². The molecule has 1 aromatic carbocycles. The van der Waals surface area contributed by atoms with Crippen LogP contribution >= 0.6 is 0 Å². The Morgan fingerprint density at radius 3 is 2.64 bits per heavy atom. The van der Waals surface area contributed by atoms with E-state index in [2.05, 4.69) is 15.0 Å². The van der Waals surface area contributed by atoms with Gasteiger partial charge in [0.05, 0.1) is 22.8 Å². The minimum Gasteiger partial charge on any atom is -0.330 e. The van der Waals surface area contributed by atoms with Gasteiger partial charge in [0.15, 0.2) is 0 Å². The molecule has 0 aliphatic carbocycles. The predicted molar refractivity (Wildman–Crippen MR) is 92.4 cm³/mol. The zero-order valence-corrected chi connectivity index (χ0v) is 13.4. The molecule has 1 saturated heterocycles. The van der Waals surface area contributed by atoms with Crippen molar-refractivity contribution in [2.24, 2.45) is 0 Å². The van der Waals surface area contributed by atoms with Crippen molar-refractivity contribution >= 4 is 16.9 Å². The van der Waals surface area contributed by atoms with Gasteiger partial charge in [-0.15, -0.1) is 0 Å². The van der Waals surface area contributed by atoms with E-state index in [1.807, 2.05) is 23.1 Å². The predicted octanol–water partition coefficient (Wildman–Crippen LogP) is 1.59. The van der Waals surface area contributed by atoms with E-state index in [1.165, 1.54) is 0 Å². The summed E-state index contributed by atoms with van der Waals surface area (Å²) in [6, 6.07) is 10.5. The number of H-pyrrole nitrogens is 2. The van der Waals surface area contributed by atoms with E-state index in [0.29, 0.717) is 23.1 Å². The number of aromatic amines is 2. The maximum absolute atomic E-state index is 13.0. The van der Waals surface area contributed by atoms with Crippen LogP contribution in [0.2, 0.25) is 0 Å². The fraction of sp³-hybridized carbons (Fsp3) is 0.222. The van der Waals surface area contributed by atoms with Crippen molar-refractivity contribution in [2.75, 3.05) is 6.54 Å². The SMILES string of the molecule is O=C(c1ccc2[nH]c(=O)c(=O)[nH]c2c1)N1CCC[C@@H]1c1ccccn1. The molecule has 1 aliphatic heterocycles. The molecule has 0 spiro atoms. The van der Waals surface area contributed by atoms with Gasteiger partial charge < -0.3 is 14.9 Å². The van der Waals surface area contributed by atoms with Gasteiger partial charge in [-0.3, -0.25) is 19.4 Å². The Hall–Kier alpha value is -3.22. The van der Waals surface area contributed by atoms with Gasteiger partial charge in [0.1, 0.15) is 0 Å². The smallest absolute Gasteiger partial charge is 0.314 e. The molecule has 4 rings (SSSR count). The summed E-state index contributed by atoms with van der Waals surface area (Å²) in [5.41, 5.74) is 0.837. The normalized spacial score (nSPS) is 17.1. The van der Waals surface area contributed by atoms with Crippen LogP contribution in [0.15, 0.2) is 52.2 Å². The van der Waals surface area contributed by atoms with Crippen LogP contribution in [0.5, 0.6) is 0 Å². The van der Waals surface area contributed by atoms with Gasteiger partial charge in [0, 0.05) is 18.3 Å². The number of aromatic nitrogens is 3. The number of carbonyl (C=O) groups is 1. The third kappa shape index (κ3) is 2.73. The zero-order valence-electron chi connectivity index (χ0n) is 13.4. The van der Waals surface area contributed by atoms with Crippen LogP contribution in [-0.2, 0) is 0 Å². The monoisotopic (exact) mass is 336 g/mol. The lowest BCUT2D eigenvalue weighted by Gasteiger charge is -2.24. The summed E-state index contributed by atoms with van der Waals surface area (Å²) in [6.07, 6.45) is 3.53. The highest BCUT2D eigenvalue weighted by Gasteiger charge is 2.31. The lowest BCUT2D eigenvalue weighted by molar-refractivity contribution is 0.0733. The number of benzene rings is 1. The van der Waals surface area contributed by atoms with E-state index in [-0.39, 0.29) is 11.9 Å². The van der Waals surface area contributed by atoms with Crippen LogP contribution in [-0.4, -0.2) is 32.3 Å². The molecule has 2 N–H and O–H groups in total. The molecular weight excluding hydrogens is 320 g/mol. The molecule has 2 aromatic heterocycles. The number of amides is 1. The summed E-state index contributed by atoms with van der Waals surface area (Å²) in [6.45, 7) is 0.667. The summed E-state index contributed by atoms with van der Waals surface area (Å²) >= 11 is 0. The molecule has 3 heterocycles. The number of fused-ring (bicyclic) bond motifs is 1. The Morgan fingerprint density at radius 2 is 1.88 bits per heavy atom. The Balaban J connectivity index is 1.70. The highest BCUT2D eigenvalue weighted by molar-refractivity contribution is 5.97. The third-order valence-electron chi connectivity index (χ3n) is 4.51. The van der Waals surface area contributed by atoms with E-state index >= 15 is 0 Å². The molecule has 1 atom stereocenters. The maximum Gasteiger partial charge on any atom is 0.314 e. The second-order valence-electron chi connectivity index (χ2n) is 6.08. The summed E-state index contributed by atoms with van der Waals surface area (Å²) in [7, 11) is 0. The van der Waals surface area contributed by atoms with Gasteiger partial charge in [-0.2, -0.15) is 0 Å². The van der Waals surface area contributed by atoms with Crippen molar-refractivity contribution in [1.82, 2.24) is 19.9 Å². The molecular formula is C18H16N4O3. The number of rotatable bonds is 2. The van der Waals surface area contributed by atoms with E-state index in [1.54, 1.807) is 24.4 Å². The molecule has 0 bridgehead atoms. The molecule has 7 heteroatoms. The summed E-state index contributed by atoms with van der Waals surface area (Å²) in [5.74, 6) is -0.109. The molecule has 0 radical (unpaired) electrons. The van der Waals surface area contributed by atoms with Crippen molar-refractivity contribution in [1.29, 1.82) is 0 Å². The van der Waals surface area contributed by atoms with E-state index in [0.717, 1.165) is 18.5 Å². The summed E-state index contributed by atoms with van der Waals surface area (Å²) in [4.78, 5) is 47.0. The molecule has 0 unspecified atom stereocenters.